The summed E-state index contributed by atoms with van der Waals surface area (Å²) in [6.07, 6.45) is 5.55. The second-order valence-corrected chi connectivity index (χ2v) is 4.61. The van der Waals surface area contributed by atoms with Gasteiger partial charge in [0.2, 0.25) is 0 Å². The molecule has 0 aliphatic heterocycles. The van der Waals surface area contributed by atoms with E-state index in [2.05, 4.69) is 0 Å². The summed E-state index contributed by atoms with van der Waals surface area (Å²) in [6, 6.07) is 0. The molecule has 0 aromatic heterocycles. The van der Waals surface area contributed by atoms with Crippen molar-refractivity contribution in [3.05, 3.63) is 0 Å². The van der Waals surface area contributed by atoms with Crippen LogP contribution in [0.3, 0.4) is 0 Å². The van der Waals surface area contributed by atoms with Gasteiger partial charge in [-0.25, -0.2) is 0 Å². The molecule has 0 aromatic rings. The van der Waals surface area contributed by atoms with Gasteiger partial charge in [0.05, 0.1) is 19.1 Å². The minimum atomic E-state index is -0.283. The summed E-state index contributed by atoms with van der Waals surface area (Å²) in [5.74, 6) is -0.173. The highest BCUT2D eigenvalue weighted by molar-refractivity contribution is 5.74. The van der Waals surface area contributed by atoms with Crippen molar-refractivity contribution in [1.82, 2.24) is 0 Å². The Kier molecular flexibility index (Phi) is 2.52. The highest BCUT2D eigenvalue weighted by Crippen LogP contribution is 2.54. The van der Waals surface area contributed by atoms with E-state index in [1.54, 1.807) is 0 Å². The van der Waals surface area contributed by atoms with Crippen molar-refractivity contribution < 1.29 is 14.6 Å². The minimum Gasteiger partial charge on any atom is -0.469 e. The van der Waals surface area contributed by atoms with Crippen LogP contribution in [0.15, 0.2) is 0 Å². The molecule has 2 fully saturated rings. The summed E-state index contributed by atoms with van der Waals surface area (Å²) in [7, 11) is 1.44. The van der Waals surface area contributed by atoms with Crippen LogP contribution in [0.2, 0.25) is 0 Å². The molecule has 0 bridgehead atoms. The first-order chi connectivity index (χ1) is 6.70. The zero-order chi connectivity index (χ0) is 10.2. The van der Waals surface area contributed by atoms with Crippen molar-refractivity contribution in [3.63, 3.8) is 0 Å². The fourth-order valence-corrected chi connectivity index (χ4v) is 3.37. The third kappa shape index (κ3) is 1.26. The van der Waals surface area contributed by atoms with Crippen LogP contribution in [0.1, 0.15) is 38.5 Å². The SMILES string of the molecule is COC(=O)[C@H]1CCC[C@@]12CCC[C@@H]2O. The smallest absolute Gasteiger partial charge is 0.309 e. The van der Waals surface area contributed by atoms with Crippen LogP contribution < -0.4 is 0 Å². The molecule has 0 unspecified atom stereocenters. The third-order valence-electron chi connectivity index (χ3n) is 4.10. The number of methoxy groups -OCH3 is 1. The van der Waals surface area contributed by atoms with Crippen LogP contribution in [-0.4, -0.2) is 24.3 Å². The maximum absolute atomic E-state index is 11.6. The Morgan fingerprint density at radius 1 is 1.36 bits per heavy atom. The molecule has 3 nitrogen and oxygen atoms in total. The fraction of sp³-hybridized carbons (Fsp3) is 0.909. The molecular formula is C11H18O3. The van der Waals surface area contributed by atoms with E-state index >= 15 is 0 Å². The second kappa shape index (κ2) is 3.54. The highest BCUT2D eigenvalue weighted by Gasteiger charge is 2.53. The van der Waals surface area contributed by atoms with E-state index in [1.165, 1.54) is 7.11 Å². The topological polar surface area (TPSA) is 46.5 Å². The molecule has 2 saturated carbocycles. The number of aliphatic hydroxyl groups is 1. The Balaban J connectivity index is 2.20. The van der Waals surface area contributed by atoms with Gasteiger partial charge in [0.25, 0.3) is 0 Å². The van der Waals surface area contributed by atoms with Crippen molar-refractivity contribution in [1.29, 1.82) is 0 Å². The molecule has 2 aliphatic rings. The van der Waals surface area contributed by atoms with E-state index in [9.17, 15) is 9.90 Å². The Bertz CT molecular complexity index is 235. The van der Waals surface area contributed by atoms with Crippen LogP contribution in [0, 0.1) is 11.3 Å². The van der Waals surface area contributed by atoms with E-state index in [0.717, 1.165) is 38.5 Å². The van der Waals surface area contributed by atoms with E-state index < -0.39 is 0 Å². The van der Waals surface area contributed by atoms with Crippen molar-refractivity contribution in [3.8, 4) is 0 Å². The molecule has 3 heteroatoms. The van der Waals surface area contributed by atoms with Gasteiger partial charge in [-0.3, -0.25) is 4.79 Å². The van der Waals surface area contributed by atoms with Crippen LogP contribution in [0.5, 0.6) is 0 Å². The Morgan fingerprint density at radius 3 is 2.50 bits per heavy atom. The first-order valence-electron chi connectivity index (χ1n) is 5.46. The first-order valence-corrected chi connectivity index (χ1v) is 5.46. The van der Waals surface area contributed by atoms with Gasteiger partial charge >= 0.3 is 5.97 Å². The lowest BCUT2D eigenvalue weighted by molar-refractivity contribution is -0.152. The lowest BCUT2D eigenvalue weighted by Crippen LogP contribution is -2.38. The summed E-state index contributed by atoms with van der Waals surface area (Å²) >= 11 is 0. The van der Waals surface area contributed by atoms with E-state index in [4.69, 9.17) is 4.74 Å². The largest absolute Gasteiger partial charge is 0.469 e. The number of aliphatic hydroxyl groups excluding tert-OH is 1. The number of hydrogen-bond acceptors (Lipinski definition) is 3. The predicted octanol–water partition coefficient (Wildman–Crippen LogP) is 1.49. The zero-order valence-corrected chi connectivity index (χ0v) is 8.66. The van der Waals surface area contributed by atoms with E-state index in [0.29, 0.717) is 0 Å². The average Bonchev–Trinajstić information content (AvgIpc) is 2.76. The summed E-state index contributed by atoms with van der Waals surface area (Å²) in [5.41, 5.74) is -0.132. The van der Waals surface area contributed by atoms with Crippen LogP contribution >= 0.6 is 0 Å². The summed E-state index contributed by atoms with van der Waals surface area (Å²) in [5, 5.41) is 9.99. The van der Waals surface area contributed by atoms with E-state index in [1.807, 2.05) is 0 Å². The number of hydrogen-bond donors (Lipinski definition) is 1. The lowest BCUT2D eigenvalue weighted by Gasteiger charge is -2.32. The fourth-order valence-electron chi connectivity index (χ4n) is 3.37. The normalized spacial score (nSPS) is 41.9. The molecule has 14 heavy (non-hydrogen) atoms. The maximum atomic E-state index is 11.6. The summed E-state index contributed by atoms with van der Waals surface area (Å²) in [4.78, 5) is 11.6. The number of ether oxygens (including phenoxy) is 1. The number of esters is 1. The Labute approximate surface area is 84.4 Å². The molecular weight excluding hydrogens is 180 g/mol. The molecule has 0 amide bonds. The van der Waals surface area contributed by atoms with Crippen molar-refractivity contribution in [2.24, 2.45) is 11.3 Å². The molecule has 0 radical (unpaired) electrons. The maximum Gasteiger partial charge on any atom is 0.309 e. The Hall–Kier alpha value is -0.570. The van der Waals surface area contributed by atoms with Gasteiger partial charge in [-0.15, -0.1) is 0 Å². The minimum absolute atomic E-state index is 0.0509. The number of carbonyl (C=O) groups excluding carboxylic acids is 1. The monoisotopic (exact) mass is 198 g/mol. The number of carbonyl (C=O) groups is 1. The first kappa shape index (κ1) is 9.97. The second-order valence-electron chi connectivity index (χ2n) is 4.61. The van der Waals surface area contributed by atoms with Gasteiger partial charge in [0.15, 0.2) is 0 Å². The quantitative estimate of drug-likeness (QED) is 0.649. The van der Waals surface area contributed by atoms with Crippen LogP contribution in [-0.2, 0) is 9.53 Å². The van der Waals surface area contributed by atoms with Gasteiger partial charge in [0, 0.05) is 5.41 Å². The van der Waals surface area contributed by atoms with Crippen molar-refractivity contribution >= 4 is 5.97 Å². The average molecular weight is 198 g/mol. The molecule has 2 rings (SSSR count). The van der Waals surface area contributed by atoms with Gasteiger partial charge in [-0.05, 0) is 25.7 Å². The Morgan fingerprint density at radius 2 is 2.00 bits per heavy atom. The van der Waals surface area contributed by atoms with E-state index in [-0.39, 0.29) is 23.4 Å². The van der Waals surface area contributed by atoms with Gasteiger partial charge in [-0.1, -0.05) is 12.8 Å². The third-order valence-corrected chi connectivity index (χ3v) is 4.10. The molecule has 1 N–H and O–H groups in total. The number of rotatable bonds is 1. The highest BCUT2D eigenvalue weighted by atomic mass is 16.5. The predicted molar refractivity (Wildman–Crippen MR) is 51.6 cm³/mol. The molecule has 3 atom stereocenters. The molecule has 2 aliphatic carbocycles. The molecule has 80 valence electrons. The standard InChI is InChI=1S/C11H18O3/c1-14-10(13)8-4-2-6-11(8)7-3-5-9(11)12/h8-9,12H,2-7H2,1H3/t8-,9+,11-/m1/s1. The molecule has 0 aromatic carbocycles. The summed E-state index contributed by atoms with van der Waals surface area (Å²) in [6.45, 7) is 0. The molecule has 0 heterocycles. The van der Waals surface area contributed by atoms with Crippen molar-refractivity contribution in [2.45, 2.75) is 44.6 Å². The summed E-state index contributed by atoms with van der Waals surface area (Å²) < 4.78 is 4.82. The zero-order valence-electron chi connectivity index (χ0n) is 8.66. The lowest BCUT2D eigenvalue weighted by atomic mass is 9.74. The molecule has 1 spiro atoms. The van der Waals surface area contributed by atoms with Crippen molar-refractivity contribution in [2.75, 3.05) is 7.11 Å². The van der Waals surface area contributed by atoms with Gasteiger partial charge < -0.3 is 9.84 Å². The molecule has 0 saturated heterocycles. The van der Waals surface area contributed by atoms with Crippen LogP contribution in [0.25, 0.3) is 0 Å². The van der Waals surface area contributed by atoms with Crippen LogP contribution in [0.4, 0.5) is 0 Å². The van der Waals surface area contributed by atoms with Gasteiger partial charge in [0.1, 0.15) is 0 Å². The van der Waals surface area contributed by atoms with Gasteiger partial charge in [-0.2, -0.15) is 0 Å².